The molecule has 0 aliphatic heterocycles. The normalized spacial score (nSPS) is 9.79. The van der Waals surface area contributed by atoms with Crippen LogP contribution in [0.5, 0.6) is 0 Å². The Balaban J connectivity index is 2.97. The van der Waals surface area contributed by atoms with Gasteiger partial charge in [0.2, 0.25) is 0 Å². The molecule has 0 atom stereocenters. The van der Waals surface area contributed by atoms with Crippen molar-refractivity contribution in [2.45, 2.75) is 13.3 Å². The summed E-state index contributed by atoms with van der Waals surface area (Å²) in [6, 6.07) is 4.51. The molecule has 1 aromatic rings. The molecule has 3 N–H and O–H groups in total. The summed E-state index contributed by atoms with van der Waals surface area (Å²) in [6.07, 6.45) is 0.909. The summed E-state index contributed by atoms with van der Waals surface area (Å²) in [5.74, 6) is 0. The number of nitrogens with two attached hydrogens (primary N) is 1. The minimum Gasteiger partial charge on any atom is -0.399 e. The van der Waals surface area contributed by atoms with Crippen LogP contribution >= 0.6 is 0 Å². The van der Waals surface area contributed by atoms with E-state index in [0.717, 1.165) is 6.42 Å². The lowest BCUT2D eigenvalue weighted by atomic mass is 10.2. The van der Waals surface area contributed by atoms with Gasteiger partial charge in [-0.3, -0.25) is 10.1 Å². The predicted molar refractivity (Wildman–Crippen MR) is 56.3 cm³/mol. The molecular weight excluding hydrogens is 182 g/mol. The molecule has 5 heteroatoms. The van der Waals surface area contributed by atoms with Gasteiger partial charge in [-0.05, 0) is 18.6 Å². The summed E-state index contributed by atoms with van der Waals surface area (Å²) in [4.78, 5) is 10.2. The Morgan fingerprint density at radius 2 is 2.29 bits per heavy atom. The second kappa shape index (κ2) is 4.45. The van der Waals surface area contributed by atoms with Gasteiger partial charge in [0, 0.05) is 18.3 Å². The average Bonchev–Trinajstić information content (AvgIpc) is 2.14. The van der Waals surface area contributed by atoms with Crippen molar-refractivity contribution >= 4 is 17.1 Å². The van der Waals surface area contributed by atoms with E-state index < -0.39 is 4.92 Å². The van der Waals surface area contributed by atoms with Gasteiger partial charge in [-0.25, -0.2) is 0 Å². The van der Waals surface area contributed by atoms with Crippen LogP contribution in [-0.2, 0) is 0 Å². The van der Waals surface area contributed by atoms with Gasteiger partial charge in [0.1, 0.15) is 5.69 Å². The number of nitrogen functional groups attached to an aromatic ring is 1. The number of nitrogens with one attached hydrogen (secondary N) is 1. The summed E-state index contributed by atoms with van der Waals surface area (Å²) >= 11 is 0. The average molecular weight is 195 g/mol. The van der Waals surface area contributed by atoms with Crippen molar-refractivity contribution in [1.82, 2.24) is 0 Å². The first-order chi connectivity index (χ1) is 6.65. The summed E-state index contributed by atoms with van der Waals surface area (Å²) in [7, 11) is 0. The maximum Gasteiger partial charge on any atom is 0.292 e. The van der Waals surface area contributed by atoms with E-state index in [1.165, 1.54) is 12.1 Å². The molecule has 0 radical (unpaired) electrons. The number of nitro groups is 1. The van der Waals surface area contributed by atoms with Gasteiger partial charge >= 0.3 is 0 Å². The van der Waals surface area contributed by atoms with Crippen molar-refractivity contribution in [2.24, 2.45) is 0 Å². The highest BCUT2D eigenvalue weighted by atomic mass is 16.6. The number of nitro benzene ring substituents is 1. The highest BCUT2D eigenvalue weighted by molar-refractivity contribution is 5.67. The van der Waals surface area contributed by atoms with Crippen molar-refractivity contribution in [3.8, 4) is 0 Å². The van der Waals surface area contributed by atoms with Crippen LogP contribution in [0.1, 0.15) is 13.3 Å². The van der Waals surface area contributed by atoms with E-state index in [1.54, 1.807) is 6.07 Å². The highest BCUT2D eigenvalue weighted by Gasteiger charge is 2.12. The Morgan fingerprint density at radius 3 is 2.86 bits per heavy atom. The van der Waals surface area contributed by atoms with Crippen LogP contribution in [-0.4, -0.2) is 11.5 Å². The third kappa shape index (κ3) is 2.35. The van der Waals surface area contributed by atoms with E-state index in [-0.39, 0.29) is 5.69 Å². The largest absolute Gasteiger partial charge is 0.399 e. The lowest BCUT2D eigenvalue weighted by molar-refractivity contribution is -0.383. The molecule has 14 heavy (non-hydrogen) atoms. The molecule has 0 aliphatic carbocycles. The molecule has 0 saturated carbocycles. The topological polar surface area (TPSA) is 81.2 Å². The molecule has 0 bridgehead atoms. The van der Waals surface area contributed by atoms with E-state index in [4.69, 9.17) is 5.73 Å². The number of anilines is 2. The number of rotatable bonds is 4. The van der Waals surface area contributed by atoms with Crippen LogP contribution in [0.2, 0.25) is 0 Å². The second-order valence-corrected chi connectivity index (χ2v) is 2.96. The molecule has 76 valence electrons. The first-order valence-corrected chi connectivity index (χ1v) is 4.43. The number of hydrogen-bond donors (Lipinski definition) is 2. The number of nitrogens with zero attached hydrogens (tertiary/aromatic N) is 1. The van der Waals surface area contributed by atoms with E-state index in [2.05, 4.69) is 5.32 Å². The number of hydrogen-bond acceptors (Lipinski definition) is 4. The monoisotopic (exact) mass is 195 g/mol. The molecule has 1 aromatic carbocycles. The Morgan fingerprint density at radius 1 is 1.57 bits per heavy atom. The third-order valence-electron chi connectivity index (χ3n) is 1.78. The molecule has 0 aliphatic rings. The molecule has 1 rings (SSSR count). The summed E-state index contributed by atoms with van der Waals surface area (Å²) in [6.45, 7) is 2.69. The molecule has 0 unspecified atom stereocenters. The van der Waals surface area contributed by atoms with Crippen LogP contribution < -0.4 is 11.1 Å². The fraction of sp³-hybridized carbons (Fsp3) is 0.333. The van der Waals surface area contributed by atoms with Crippen LogP contribution in [0.3, 0.4) is 0 Å². The zero-order valence-electron chi connectivity index (χ0n) is 7.99. The Hall–Kier alpha value is -1.78. The minimum atomic E-state index is -0.419. The third-order valence-corrected chi connectivity index (χ3v) is 1.78. The first-order valence-electron chi connectivity index (χ1n) is 4.43. The summed E-state index contributed by atoms with van der Waals surface area (Å²) in [5.41, 5.74) is 6.61. The Bertz CT molecular complexity index is 339. The van der Waals surface area contributed by atoms with Crippen LogP contribution in [0.4, 0.5) is 17.1 Å². The number of benzene rings is 1. The minimum absolute atomic E-state index is 0.0626. The maximum atomic E-state index is 10.6. The molecule has 0 fully saturated rings. The quantitative estimate of drug-likeness (QED) is 0.437. The van der Waals surface area contributed by atoms with Gasteiger partial charge in [-0.15, -0.1) is 0 Å². The van der Waals surface area contributed by atoms with Gasteiger partial charge in [0.15, 0.2) is 0 Å². The standard InChI is InChI=1S/C9H13N3O2/c1-2-5-11-8-6-7(10)3-4-9(8)12(13)14/h3-4,6,11H,2,5,10H2,1H3. The van der Waals surface area contributed by atoms with Gasteiger partial charge in [0.25, 0.3) is 5.69 Å². The van der Waals surface area contributed by atoms with Crippen LogP contribution in [0.25, 0.3) is 0 Å². The van der Waals surface area contributed by atoms with Crippen molar-refractivity contribution < 1.29 is 4.92 Å². The smallest absolute Gasteiger partial charge is 0.292 e. The summed E-state index contributed by atoms with van der Waals surface area (Å²) < 4.78 is 0. The first kappa shape index (κ1) is 10.3. The lowest BCUT2D eigenvalue weighted by Gasteiger charge is -2.05. The predicted octanol–water partition coefficient (Wildman–Crippen LogP) is 2.00. The maximum absolute atomic E-state index is 10.6. The van der Waals surface area contributed by atoms with Crippen LogP contribution in [0, 0.1) is 10.1 Å². The van der Waals surface area contributed by atoms with Gasteiger partial charge in [-0.2, -0.15) is 0 Å². The molecule has 0 heterocycles. The molecule has 0 aromatic heterocycles. The Labute approximate surface area is 82.1 Å². The van der Waals surface area contributed by atoms with E-state index >= 15 is 0 Å². The zero-order chi connectivity index (χ0) is 10.6. The van der Waals surface area contributed by atoms with E-state index in [0.29, 0.717) is 17.9 Å². The summed E-state index contributed by atoms with van der Waals surface area (Å²) in [5, 5.41) is 13.6. The lowest BCUT2D eigenvalue weighted by Crippen LogP contribution is -2.03. The second-order valence-electron chi connectivity index (χ2n) is 2.96. The fourth-order valence-corrected chi connectivity index (χ4v) is 1.11. The van der Waals surface area contributed by atoms with Crippen molar-refractivity contribution in [3.63, 3.8) is 0 Å². The molecule has 0 spiro atoms. The molecule has 0 saturated heterocycles. The van der Waals surface area contributed by atoms with Crippen molar-refractivity contribution in [3.05, 3.63) is 28.3 Å². The van der Waals surface area contributed by atoms with Gasteiger partial charge in [-0.1, -0.05) is 6.92 Å². The van der Waals surface area contributed by atoms with Gasteiger partial charge < -0.3 is 11.1 Å². The fourth-order valence-electron chi connectivity index (χ4n) is 1.11. The Kier molecular flexibility index (Phi) is 3.28. The van der Waals surface area contributed by atoms with Crippen molar-refractivity contribution in [1.29, 1.82) is 0 Å². The van der Waals surface area contributed by atoms with Gasteiger partial charge in [0.05, 0.1) is 4.92 Å². The zero-order valence-corrected chi connectivity index (χ0v) is 7.99. The van der Waals surface area contributed by atoms with Crippen LogP contribution in [0.15, 0.2) is 18.2 Å². The molecule has 0 amide bonds. The van der Waals surface area contributed by atoms with E-state index in [9.17, 15) is 10.1 Å². The SMILES string of the molecule is CCCNc1cc(N)ccc1[N+](=O)[O-]. The van der Waals surface area contributed by atoms with Crippen molar-refractivity contribution in [2.75, 3.05) is 17.6 Å². The highest BCUT2D eigenvalue weighted by Crippen LogP contribution is 2.26. The van der Waals surface area contributed by atoms with E-state index in [1.807, 2.05) is 6.92 Å². The molecule has 5 nitrogen and oxygen atoms in total. The molecular formula is C9H13N3O2.